The first-order chi connectivity index (χ1) is 9.13. The van der Waals surface area contributed by atoms with Crippen molar-refractivity contribution < 1.29 is 4.74 Å². The lowest BCUT2D eigenvalue weighted by atomic mass is 9.79. The maximum atomic E-state index is 11.9. The predicted octanol–water partition coefficient (Wildman–Crippen LogP) is 2.70. The predicted molar refractivity (Wildman–Crippen MR) is 73.2 cm³/mol. The van der Waals surface area contributed by atoms with Gasteiger partial charge in [0.2, 0.25) is 0 Å². The van der Waals surface area contributed by atoms with Gasteiger partial charge in [0.1, 0.15) is 11.4 Å². The highest BCUT2D eigenvalue weighted by Gasteiger charge is 2.39. The van der Waals surface area contributed by atoms with E-state index < -0.39 is 0 Å². The van der Waals surface area contributed by atoms with Crippen LogP contribution in [0.15, 0.2) is 10.9 Å². The molecule has 104 valence electrons. The van der Waals surface area contributed by atoms with Gasteiger partial charge in [-0.3, -0.25) is 4.79 Å². The molecule has 3 rings (SSSR count). The molecule has 2 fully saturated rings. The van der Waals surface area contributed by atoms with E-state index in [0.29, 0.717) is 5.92 Å². The standard InChI is InChI=1S/C15H22N2O2/c1-10-5-7-15(19-2,8-6-10)14-16-12(11-3-4-11)9-13(18)17-14/h9-11H,3-8H2,1-2H3,(H,16,17,18). The first-order valence-electron chi connectivity index (χ1n) is 7.30. The van der Waals surface area contributed by atoms with Gasteiger partial charge in [-0.1, -0.05) is 6.92 Å². The molecule has 0 aliphatic heterocycles. The van der Waals surface area contributed by atoms with E-state index in [-0.39, 0.29) is 11.2 Å². The number of aromatic nitrogens is 2. The van der Waals surface area contributed by atoms with E-state index in [4.69, 9.17) is 9.72 Å². The maximum Gasteiger partial charge on any atom is 0.251 e. The lowest BCUT2D eigenvalue weighted by molar-refractivity contribution is -0.0600. The van der Waals surface area contributed by atoms with Crippen LogP contribution in [0.25, 0.3) is 0 Å². The lowest BCUT2D eigenvalue weighted by Crippen LogP contribution is -2.37. The molecule has 2 aliphatic carbocycles. The van der Waals surface area contributed by atoms with Crippen molar-refractivity contribution in [2.75, 3.05) is 7.11 Å². The van der Waals surface area contributed by atoms with Gasteiger partial charge in [0.05, 0.1) is 5.69 Å². The zero-order valence-electron chi connectivity index (χ0n) is 11.7. The molecule has 4 heteroatoms. The molecule has 2 aliphatic rings. The maximum absolute atomic E-state index is 11.9. The Balaban J connectivity index is 1.96. The van der Waals surface area contributed by atoms with Crippen LogP contribution in [0, 0.1) is 5.92 Å². The minimum Gasteiger partial charge on any atom is -0.370 e. The van der Waals surface area contributed by atoms with E-state index in [2.05, 4.69) is 11.9 Å². The third-order valence-electron chi connectivity index (χ3n) is 4.66. The number of nitrogens with one attached hydrogen (secondary N) is 1. The van der Waals surface area contributed by atoms with Gasteiger partial charge in [0.15, 0.2) is 0 Å². The molecule has 0 spiro atoms. The second-order valence-corrected chi connectivity index (χ2v) is 6.17. The van der Waals surface area contributed by atoms with Gasteiger partial charge in [-0.2, -0.15) is 0 Å². The molecule has 0 amide bonds. The third kappa shape index (κ3) is 2.46. The zero-order chi connectivity index (χ0) is 13.5. The first-order valence-corrected chi connectivity index (χ1v) is 7.30. The third-order valence-corrected chi connectivity index (χ3v) is 4.66. The smallest absolute Gasteiger partial charge is 0.251 e. The molecule has 0 atom stereocenters. The number of aromatic amines is 1. The average molecular weight is 262 g/mol. The van der Waals surface area contributed by atoms with Crippen molar-refractivity contribution >= 4 is 0 Å². The van der Waals surface area contributed by atoms with Crippen molar-refractivity contribution in [2.45, 2.75) is 57.0 Å². The molecule has 0 radical (unpaired) electrons. The fraction of sp³-hybridized carbons (Fsp3) is 0.733. The molecule has 19 heavy (non-hydrogen) atoms. The van der Waals surface area contributed by atoms with Crippen molar-refractivity contribution in [3.63, 3.8) is 0 Å². The summed E-state index contributed by atoms with van der Waals surface area (Å²) in [7, 11) is 1.74. The molecule has 2 saturated carbocycles. The van der Waals surface area contributed by atoms with E-state index in [0.717, 1.165) is 56.0 Å². The number of hydrogen-bond donors (Lipinski definition) is 1. The normalized spacial score (nSPS) is 31.4. The summed E-state index contributed by atoms with van der Waals surface area (Å²) in [5.41, 5.74) is 0.534. The fourth-order valence-electron chi connectivity index (χ4n) is 3.05. The Morgan fingerprint density at radius 1 is 1.32 bits per heavy atom. The zero-order valence-corrected chi connectivity index (χ0v) is 11.7. The summed E-state index contributed by atoms with van der Waals surface area (Å²) in [6.45, 7) is 2.27. The second-order valence-electron chi connectivity index (χ2n) is 6.17. The fourth-order valence-corrected chi connectivity index (χ4v) is 3.05. The van der Waals surface area contributed by atoms with Gasteiger partial charge in [0.25, 0.3) is 5.56 Å². The topological polar surface area (TPSA) is 55.0 Å². The summed E-state index contributed by atoms with van der Waals surface area (Å²) in [5, 5.41) is 0. The van der Waals surface area contributed by atoms with Gasteiger partial charge in [-0.25, -0.2) is 4.98 Å². The Bertz CT molecular complexity index is 511. The minimum atomic E-state index is -0.378. The van der Waals surface area contributed by atoms with Crippen LogP contribution in [0.3, 0.4) is 0 Å². The number of ether oxygens (including phenoxy) is 1. The molecule has 1 aromatic rings. The van der Waals surface area contributed by atoms with Gasteiger partial charge < -0.3 is 9.72 Å². The number of methoxy groups -OCH3 is 1. The van der Waals surface area contributed by atoms with Crippen molar-refractivity contribution in [1.82, 2.24) is 9.97 Å². The highest BCUT2D eigenvalue weighted by atomic mass is 16.5. The minimum absolute atomic E-state index is 0.0399. The number of rotatable bonds is 3. The summed E-state index contributed by atoms with van der Waals surface area (Å²) >= 11 is 0. The van der Waals surface area contributed by atoms with Gasteiger partial charge >= 0.3 is 0 Å². The SMILES string of the molecule is COC1(c2nc(C3CC3)cc(=O)[nH]2)CCC(C)CC1. The molecule has 0 bridgehead atoms. The molecular weight excluding hydrogens is 240 g/mol. The first kappa shape index (κ1) is 12.9. The summed E-state index contributed by atoms with van der Waals surface area (Å²) < 4.78 is 5.79. The van der Waals surface area contributed by atoms with Gasteiger partial charge in [-0.05, 0) is 44.4 Å². The molecule has 0 aromatic carbocycles. The summed E-state index contributed by atoms with van der Waals surface area (Å²) in [4.78, 5) is 19.5. The lowest BCUT2D eigenvalue weighted by Gasteiger charge is -2.37. The van der Waals surface area contributed by atoms with E-state index in [1.165, 1.54) is 0 Å². The molecule has 1 aromatic heterocycles. The molecule has 1 N–H and O–H groups in total. The largest absolute Gasteiger partial charge is 0.370 e. The van der Waals surface area contributed by atoms with E-state index in [1.54, 1.807) is 13.2 Å². The van der Waals surface area contributed by atoms with Crippen molar-refractivity contribution in [2.24, 2.45) is 5.92 Å². The van der Waals surface area contributed by atoms with Crippen LogP contribution >= 0.6 is 0 Å². The Labute approximate surface area is 113 Å². The Morgan fingerprint density at radius 3 is 2.58 bits per heavy atom. The van der Waals surface area contributed by atoms with Crippen LogP contribution in [0.5, 0.6) is 0 Å². The van der Waals surface area contributed by atoms with Crippen LogP contribution in [-0.4, -0.2) is 17.1 Å². The monoisotopic (exact) mass is 262 g/mol. The summed E-state index contributed by atoms with van der Waals surface area (Å²) in [6, 6.07) is 1.65. The summed E-state index contributed by atoms with van der Waals surface area (Å²) in [5.74, 6) is 1.98. The van der Waals surface area contributed by atoms with Crippen molar-refractivity contribution in [3.05, 3.63) is 27.9 Å². The number of H-pyrrole nitrogens is 1. The van der Waals surface area contributed by atoms with Crippen LogP contribution < -0.4 is 5.56 Å². The molecule has 0 unspecified atom stereocenters. The van der Waals surface area contributed by atoms with E-state index in [9.17, 15) is 4.79 Å². The quantitative estimate of drug-likeness (QED) is 0.911. The van der Waals surface area contributed by atoms with Crippen molar-refractivity contribution in [3.8, 4) is 0 Å². The van der Waals surface area contributed by atoms with Gasteiger partial charge in [-0.15, -0.1) is 0 Å². The molecular formula is C15H22N2O2. The highest BCUT2D eigenvalue weighted by molar-refractivity contribution is 5.17. The second kappa shape index (κ2) is 4.75. The Kier molecular flexibility index (Phi) is 3.21. The average Bonchev–Trinajstić information content (AvgIpc) is 3.24. The Hall–Kier alpha value is -1.16. The highest BCUT2D eigenvalue weighted by Crippen LogP contribution is 2.42. The van der Waals surface area contributed by atoms with Crippen LogP contribution in [-0.2, 0) is 10.3 Å². The van der Waals surface area contributed by atoms with Crippen LogP contribution in [0.4, 0.5) is 0 Å². The van der Waals surface area contributed by atoms with Gasteiger partial charge in [0, 0.05) is 19.1 Å². The van der Waals surface area contributed by atoms with E-state index >= 15 is 0 Å². The number of nitrogens with zero attached hydrogens (tertiary/aromatic N) is 1. The molecule has 1 heterocycles. The molecule has 4 nitrogen and oxygen atoms in total. The Morgan fingerprint density at radius 2 is 2.00 bits per heavy atom. The van der Waals surface area contributed by atoms with Crippen LogP contribution in [0.1, 0.15) is 62.9 Å². The number of hydrogen-bond acceptors (Lipinski definition) is 3. The van der Waals surface area contributed by atoms with Crippen molar-refractivity contribution in [1.29, 1.82) is 0 Å². The van der Waals surface area contributed by atoms with E-state index in [1.807, 2.05) is 0 Å². The molecule has 0 saturated heterocycles. The summed E-state index contributed by atoms with van der Waals surface area (Å²) in [6.07, 6.45) is 6.47. The van der Waals surface area contributed by atoms with Crippen LogP contribution in [0.2, 0.25) is 0 Å².